The van der Waals surface area contributed by atoms with Crippen LogP contribution >= 0.6 is 23.5 Å². The Morgan fingerprint density at radius 1 is 0.983 bits per heavy atom. The highest BCUT2D eigenvalue weighted by Crippen LogP contribution is 2.66. The smallest absolute Gasteiger partial charge is 0.397 e. The van der Waals surface area contributed by atoms with Gasteiger partial charge < -0.3 is 55.5 Å². The lowest BCUT2D eigenvalue weighted by atomic mass is 10.1. The van der Waals surface area contributed by atoms with Crippen LogP contribution in [-0.2, 0) is 55.5 Å². The van der Waals surface area contributed by atoms with Gasteiger partial charge in [0.05, 0.1) is 25.0 Å². The number of phosphoric ester groups is 1. The van der Waals surface area contributed by atoms with Crippen molar-refractivity contribution in [1.29, 1.82) is 0 Å². The van der Waals surface area contributed by atoms with E-state index in [1.807, 2.05) is 11.6 Å². The number of H-pyrrole nitrogens is 1. The number of ether oxygens (including phenoxy) is 3. The Morgan fingerprint density at radius 3 is 2.34 bits per heavy atom. The van der Waals surface area contributed by atoms with Gasteiger partial charge in [-0.1, -0.05) is 6.92 Å². The molecule has 0 aliphatic carbocycles. The van der Waals surface area contributed by atoms with E-state index in [0.29, 0.717) is 18.5 Å². The predicted octanol–water partition coefficient (Wildman–Crippen LogP) is -2.12. The van der Waals surface area contributed by atoms with E-state index in [0.717, 1.165) is 23.6 Å². The average molecular weight is 907 g/mol. The molecule has 0 spiro atoms. The summed E-state index contributed by atoms with van der Waals surface area (Å²) in [5.74, 6) is -0.153. The number of nitrogens with zero attached hydrogens (tertiary/aromatic N) is 6. The van der Waals surface area contributed by atoms with Crippen molar-refractivity contribution in [2.24, 2.45) is 10.7 Å². The molecule has 0 bridgehead atoms. The number of rotatable bonds is 16. The van der Waals surface area contributed by atoms with Gasteiger partial charge in [0.15, 0.2) is 29.4 Å². The minimum Gasteiger partial charge on any atom is -0.397 e. The summed E-state index contributed by atoms with van der Waals surface area (Å²) >= 11 is 0. The van der Waals surface area contributed by atoms with Crippen LogP contribution in [0.25, 0.3) is 16.9 Å². The zero-order valence-electron chi connectivity index (χ0n) is 29.8. The number of imidazole rings is 2. The first kappa shape index (κ1) is 44.2. The standard InChI is InChI=1S/C25H37N10O19P3S/c1-3-10-4-5-28-20-14(13(10)26)29-8-34(20)24-19(48-2)18(12(51-24)7-49-56(42,43)54-57(44,45)53-55(39,40)41)52-58(46,47)31-6-11-16(36)17(37)23(50-11)35-9-30-15-21(35)32-25(27)33-22(15)38/h5,8-9,11-12,16-19,23-24,31,36-37H,3-4,6-7,26H2,1-2H3,(H,42,43)(H,44,45)(H2,39,40,41)(H3,27,32,33,38)/t11-,12-,16-,17-,18-,19-,23-,24-/m1/s1. The molecule has 3 aliphatic rings. The fourth-order valence-corrected chi connectivity index (χ4v) is 10.2. The number of aromatic amines is 1. The van der Waals surface area contributed by atoms with E-state index in [4.69, 9.17) is 44.2 Å². The summed E-state index contributed by atoms with van der Waals surface area (Å²) in [7, 11) is -21.3. The van der Waals surface area contributed by atoms with E-state index >= 15 is 0 Å². The minimum absolute atomic E-state index is 0.115. The molecule has 58 heavy (non-hydrogen) atoms. The van der Waals surface area contributed by atoms with Gasteiger partial charge in [-0.05, 0) is 12.0 Å². The van der Waals surface area contributed by atoms with E-state index in [9.17, 15) is 46.9 Å². The van der Waals surface area contributed by atoms with Gasteiger partial charge in [-0.3, -0.25) is 23.4 Å². The molecule has 3 aliphatic heterocycles. The number of nitrogen functional groups attached to an aromatic ring is 1. The first-order valence-electron chi connectivity index (χ1n) is 16.5. The van der Waals surface area contributed by atoms with Crippen LogP contribution in [-0.4, -0.2) is 130 Å². The van der Waals surface area contributed by atoms with Gasteiger partial charge in [-0.15, -0.1) is 0 Å². The largest absolute Gasteiger partial charge is 0.490 e. The molecule has 3 aromatic rings. The molecule has 2 unspecified atom stereocenters. The summed E-state index contributed by atoms with van der Waals surface area (Å²) < 4.78 is 102. The number of nitrogens with one attached hydrogen (secondary N) is 2. The molecule has 10 atom stereocenters. The Kier molecular flexibility index (Phi) is 12.7. The third kappa shape index (κ3) is 9.49. The number of fused-ring (bicyclic) bond motifs is 2. The highest BCUT2D eigenvalue weighted by molar-refractivity contribution is 7.84. The van der Waals surface area contributed by atoms with Gasteiger partial charge in [0.2, 0.25) is 5.95 Å². The van der Waals surface area contributed by atoms with E-state index < -0.39 is 102 Å². The van der Waals surface area contributed by atoms with Crippen molar-refractivity contribution >= 4 is 68.6 Å². The maximum Gasteiger partial charge on any atom is 0.490 e. The van der Waals surface area contributed by atoms with Crippen molar-refractivity contribution in [3.05, 3.63) is 34.3 Å². The SMILES string of the molecule is CCC1=C(N)c2ncn([C@@H]3O[C@H](COP(=O)(O)OP(=O)(O)OP(=O)(O)O)[C@@H](OS(=O)(=O)NC[C@H]4O[C@@H](n5cnc6c(=O)[nH]c(N)nc65)[C@H](O)[C@@H]4O)[C@H]3OC)c2N=CC1. The van der Waals surface area contributed by atoms with Crippen LogP contribution in [0.1, 0.15) is 37.9 Å². The lowest BCUT2D eigenvalue weighted by Crippen LogP contribution is -2.45. The van der Waals surface area contributed by atoms with Crippen LogP contribution in [0, 0.1) is 0 Å². The van der Waals surface area contributed by atoms with Crippen LogP contribution < -0.4 is 21.7 Å². The Balaban J connectivity index is 1.23. The molecule has 3 aromatic heterocycles. The van der Waals surface area contributed by atoms with Gasteiger partial charge >= 0.3 is 33.8 Å². The number of aliphatic hydroxyl groups excluding tert-OH is 2. The number of hydrogen-bond donors (Lipinski definition) is 10. The molecule has 6 rings (SSSR count). The van der Waals surface area contributed by atoms with Crippen molar-refractivity contribution in [3.8, 4) is 0 Å². The van der Waals surface area contributed by atoms with Crippen molar-refractivity contribution < 1.29 is 83.4 Å². The van der Waals surface area contributed by atoms with Gasteiger partial charge in [-0.2, -0.15) is 26.7 Å². The van der Waals surface area contributed by atoms with Crippen LogP contribution in [0.4, 0.5) is 11.8 Å². The number of nitrogens with two attached hydrogens (primary N) is 2. The number of hydrogen-bond acceptors (Lipinski definition) is 21. The molecule has 2 saturated heterocycles. The summed E-state index contributed by atoms with van der Waals surface area (Å²) in [5, 5.41) is 21.6. The van der Waals surface area contributed by atoms with Crippen molar-refractivity contribution in [3.63, 3.8) is 0 Å². The van der Waals surface area contributed by atoms with Crippen molar-refractivity contribution in [2.75, 3.05) is 26.0 Å². The predicted molar refractivity (Wildman–Crippen MR) is 191 cm³/mol. The topological polar surface area (TPSA) is 429 Å². The zero-order chi connectivity index (χ0) is 42.5. The average Bonchev–Trinajstić information content (AvgIpc) is 3.85. The number of methoxy groups -OCH3 is 1. The van der Waals surface area contributed by atoms with Crippen LogP contribution in [0.15, 0.2) is 28.0 Å². The quantitative estimate of drug-likeness (QED) is 0.0687. The van der Waals surface area contributed by atoms with Crippen LogP contribution in [0.5, 0.6) is 0 Å². The second-order valence-corrected chi connectivity index (χ2v) is 18.4. The number of anilines is 1. The number of aliphatic hydroxyl groups is 2. The number of aromatic nitrogens is 6. The molecule has 2 fully saturated rings. The van der Waals surface area contributed by atoms with Crippen molar-refractivity contribution in [2.45, 2.75) is 68.8 Å². The Labute approximate surface area is 325 Å². The second-order valence-electron chi connectivity index (χ2n) is 12.5. The summed E-state index contributed by atoms with van der Waals surface area (Å²) in [6, 6.07) is 0. The molecule has 0 radical (unpaired) electrons. The van der Waals surface area contributed by atoms with Crippen LogP contribution in [0.2, 0.25) is 0 Å². The molecule has 6 heterocycles. The second kappa shape index (κ2) is 16.6. The highest BCUT2D eigenvalue weighted by Gasteiger charge is 2.52. The van der Waals surface area contributed by atoms with E-state index in [-0.39, 0.29) is 28.6 Å². The summed E-state index contributed by atoms with van der Waals surface area (Å²) in [6.07, 6.45) is -7.98. The first-order valence-corrected chi connectivity index (χ1v) is 22.4. The maximum atomic E-state index is 13.5. The highest BCUT2D eigenvalue weighted by atomic mass is 32.2. The number of phosphoric acid groups is 3. The lowest BCUT2D eigenvalue weighted by Gasteiger charge is -2.24. The molecule has 0 amide bonds. The number of allylic oxidation sites excluding steroid dienone is 1. The molecular weight excluding hydrogens is 869 g/mol. The molecule has 0 aromatic carbocycles. The summed E-state index contributed by atoms with van der Waals surface area (Å²) in [4.78, 5) is 68.5. The van der Waals surface area contributed by atoms with Gasteiger partial charge in [0.1, 0.15) is 42.3 Å². The van der Waals surface area contributed by atoms with Gasteiger partial charge in [-0.25, -0.2) is 32.8 Å². The van der Waals surface area contributed by atoms with E-state index in [2.05, 4.69) is 33.5 Å². The van der Waals surface area contributed by atoms with Crippen molar-refractivity contribution in [1.82, 2.24) is 33.8 Å². The molecule has 29 nitrogen and oxygen atoms in total. The Morgan fingerprint density at radius 2 is 1.67 bits per heavy atom. The van der Waals surface area contributed by atoms with E-state index in [1.165, 1.54) is 10.9 Å². The molecule has 12 N–H and O–H groups in total. The van der Waals surface area contributed by atoms with Gasteiger partial charge in [0, 0.05) is 26.3 Å². The van der Waals surface area contributed by atoms with Crippen LogP contribution in [0.3, 0.4) is 0 Å². The summed E-state index contributed by atoms with van der Waals surface area (Å²) in [5.41, 5.74) is 12.3. The third-order valence-corrected chi connectivity index (χ3v) is 13.6. The number of aliphatic imine (C=N–C) groups is 1. The Bertz CT molecular complexity index is 2420. The maximum absolute atomic E-state index is 13.5. The third-order valence-electron chi connectivity index (χ3n) is 8.79. The molecular formula is C25H37N10O19P3S. The normalized spacial score (nSPS) is 28.8. The summed E-state index contributed by atoms with van der Waals surface area (Å²) in [6.45, 7) is -0.0621. The molecule has 322 valence electrons. The first-order chi connectivity index (χ1) is 27.0. The zero-order valence-corrected chi connectivity index (χ0v) is 33.3. The monoisotopic (exact) mass is 906 g/mol. The minimum atomic E-state index is -5.94. The van der Waals surface area contributed by atoms with Gasteiger partial charge in [0.25, 0.3) is 5.56 Å². The Hall–Kier alpha value is -3.35. The van der Waals surface area contributed by atoms with E-state index in [1.54, 1.807) is 6.21 Å². The fourth-order valence-electron chi connectivity index (χ4n) is 6.24. The lowest BCUT2D eigenvalue weighted by molar-refractivity contribution is -0.0587. The fraction of sp³-hybridized carbons (Fsp3) is 0.560. The molecule has 0 saturated carbocycles. The molecule has 33 heteroatoms.